The highest BCUT2D eigenvalue weighted by Crippen LogP contribution is 2.44. The number of aliphatic hydroxyl groups is 1. The zero-order chi connectivity index (χ0) is 16.8. The molecule has 0 spiro atoms. The number of hydrogen-bond donors (Lipinski definition) is 1. The summed E-state index contributed by atoms with van der Waals surface area (Å²) in [5, 5.41) is 21.8. The van der Waals surface area contributed by atoms with E-state index in [0.717, 1.165) is 12.8 Å². The van der Waals surface area contributed by atoms with Crippen molar-refractivity contribution >= 4 is 11.6 Å². The van der Waals surface area contributed by atoms with Crippen LogP contribution in [0.3, 0.4) is 0 Å². The third-order valence-corrected chi connectivity index (χ3v) is 4.60. The zero-order valence-electron chi connectivity index (χ0n) is 13.2. The summed E-state index contributed by atoms with van der Waals surface area (Å²) in [6, 6.07) is 3.70. The molecule has 1 saturated heterocycles. The Hall–Kier alpha value is -2.15. The first-order valence-corrected chi connectivity index (χ1v) is 7.76. The molecule has 1 fully saturated rings. The average molecular weight is 320 g/mol. The lowest BCUT2D eigenvalue weighted by atomic mass is 9.84. The maximum Gasteiger partial charge on any atom is 0.270 e. The van der Waals surface area contributed by atoms with Crippen LogP contribution in [0, 0.1) is 10.1 Å². The van der Waals surface area contributed by atoms with Crippen molar-refractivity contribution in [3.63, 3.8) is 0 Å². The summed E-state index contributed by atoms with van der Waals surface area (Å²) in [6.07, 6.45) is 1.17. The highest BCUT2D eigenvalue weighted by molar-refractivity contribution is 5.77. The van der Waals surface area contributed by atoms with E-state index in [1.807, 2.05) is 0 Å². The lowest BCUT2D eigenvalue weighted by Crippen LogP contribution is -2.55. The minimum absolute atomic E-state index is 0.0320. The van der Waals surface area contributed by atoms with Crippen LogP contribution in [-0.4, -0.2) is 39.1 Å². The van der Waals surface area contributed by atoms with E-state index in [1.165, 1.54) is 12.1 Å². The summed E-state index contributed by atoms with van der Waals surface area (Å²) in [4.78, 5) is 24.5. The smallest absolute Gasteiger partial charge is 0.270 e. The number of benzene rings is 1. The lowest BCUT2D eigenvalue weighted by Gasteiger charge is -2.47. The predicted molar refractivity (Wildman–Crippen MR) is 82.1 cm³/mol. The first-order valence-electron chi connectivity index (χ1n) is 7.76. The molecule has 2 aliphatic rings. The average Bonchev–Trinajstić information content (AvgIpc) is 2.49. The van der Waals surface area contributed by atoms with Gasteiger partial charge in [0.05, 0.1) is 11.0 Å². The summed E-state index contributed by atoms with van der Waals surface area (Å²) in [6.45, 7) is 4.05. The van der Waals surface area contributed by atoms with Crippen molar-refractivity contribution in [2.45, 2.75) is 50.9 Å². The maximum atomic E-state index is 12.3. The molecule has 1 aromatic rings. The van der Waals surface area contributed by atoms with Crippen molar-refractivity contribution in [3.8, 4) is 5.75 Å². The molecule has 2 atom stereocenters. The Bertz CT molecular complexity index is 658. The highest BCUT2D eigenvalue weighted by Gasteiger charge is 2.47. The number of aliphatic hydroxyl groups excluding tert-OH is 1. The van der Waals surface area contributed by atoms with Crippen LogP contribution in [0.2, 0.25) is 0 Å². The molecule has 0 bridgehead atoms. The van der Waals surface area contributed by atoms with Crippen LogP contribution in [0.4, 0.5) is 5.69 Å². The normalized spacial score (nSPS) is 26.4. The number of likely N-dealkylation sites (tertiary alicyclic amines) is 1. The van der Waals surface area contributed by atoms with Gasteiger partial charge in [-0.1, -0.05) is 0 Å². The van der Waals surface area contributed by atoms with Crippen LogP contribution < -0.4 is 4.74 Å². The van der Waals surface area contributed by atoms with E-state index >= 15 is 0 Å². The Kier molecular flexibility index (Phi) is 3.75. The van der Waals surface area contributed by atoms with E-state index < -0.39 is 22.7 Å². The van der Waals surface area contributed by atoms with Crippen LogP contribution in [0.1, 0.15) is 44.7 Å². The quantitative estimate of drug-likeness (QED) is 0.666. The van der Waals surface area contributed by atoms with E-state index in [9.17, 15) is 20.0 Å². The van der Waals surface area contributed by atoms with E-state index in [4.69, 9.17) is 4.74 Å². The fourth-order valence-electron chi connectivity index (χ4n) is 3.33. The molecule has 2 aliphatic heterocycles. The van der Waals surface area contributed by atoms with Crippen molar-refractivity contribution in [2.24, 2.45) is 0 Å². The number of nitro benzene ring substituents is 1. The topological polar surface area (TPSA) is 92.9 Å². The molecule has 1 amide bonds. The van der Waals surface area contributed by atoms with Gasteiger partial charge >= 0.3 is 0 Å². The van der Waals surface area contributed by atoms with Crippen molar-refractivity contribution in [1.29, 1.82) is 0 Å². The van der Waals surface area contributed by atoms with E-state index in [1.54, 1.807) is 24.8 Å². The Morgan fingerprint density at radius 2 is 2.13 bits per heavy atom. The van der Waals surface area contributed by atoms with E-state index in [0.29, 0.717) is 24.3 Å². The van der Waals surface area contributed by atoms with Gasteiger partial charge in [-0.05, 0) is 32.8 Å². The first kappa shape index (κ1) is 15.7. The van der Waals surface area contributed by atoms with Crippen LogP contribution in [-0.2, 0) is 4.79 Å². The number of carbonyl (C=O) groups is 1. The first-order chi connectivity index (χ1) is 10.8. The summed E-state index contributed by atoms with van der Waals surface area (Å²) in [7, 11) is 0. The number of nitrogens with zero attached hydrogens (tertiary/aromatic N) is 2. The van der Waals surface area contributed by atoms with Gasteiger partial charge in [-0.3, -0.25) is 14.9 Å². The summed E-state index contributed by atoms with van der Waals surface area (Å²) >= 11 is 0. The van der Waals surface area contributed by atoms with E-state index in [-0.39, 0.29) is 11.6 Å². The molecule has 7 nitrogen and oxygen atoms in total. The zero-order valence-corrected chi connectivity index (χ0v) is 13.2. The van der Waals surface area contributed by atoms with Crippen LogP contribution >= 0.6 is 0 Å². The minimum Gasteiger partial charge on any atom is -0.485 e. The molecule has 124 valence electrons. The number of carbonyl (C=O) groups excluding carboxylic acids is 1. The molecule has 7 heteroatoms. The van der Waals surface area contributed by atoms with E-state index in [2.05, 4.69) is 0 Å². The number of rotatable bonds is 2. The molecule has 1 N–H and O–H groups in total. The standard InChI is InChI=1S/C16H20N2O5/c1-16(2)15(20)14(17-8-4-3-5-13(17)19)11-9-10(18(21)22)6-7-12(11)23-16/h6-7,9,14-15,20H,3-5,8H2,1-2H3/t14-,15+/m1/s1. The number of hydrogen-bond acceptors (Lipinski definition) is 5. The number of non-ortho nitro benzene ring substituents is 1. The number of ether oxygens (including phenoxy) is 1. The Morgan fingerprint density at radius 3 is 2.78 bits per heavy atom. The van der Waals surface area contributed by atoms with Gasteiger partial charge in [0.15, 0.2) is 0 Å². The molecular formula is C16H20N2O5. The molecule has 0 aliphatic carbocycles. The number of piperidine rings is 1. The fourth-order valence-corrected chi connectivity index (χ4v) is 3.33. The number of amides is 1. The summed E-state index contributed by atoms with van der Waals surface area (Å²) in [5.74, 6) is 0.449. The largest absolute Gasteiger partial charge is 0.485 e. The van der Waals surface area contributed by atoms with Crippen molar-refractivity contribution < 1.29 is 19.6 Å². The number of fused-ring (bicyclic) bond motifs is 1. The lowest BCUT2D eigenvalue weighted by molar-refractivity contribution is -0.385. The Morgan fingerprint density at radius 1 is 1.39 bits per heavy atom. The van der Waals surface area contributed by atoms with Crippen LogP contribution in [0.25, 0.3) is 0 Å². The molecule has 0 unspecified atom stereocenters. The second-order valence-electron chi connectivity index (χ2n) is 6.62. The molecule has 3 rings (SSSR count). The molecule has 0 radical (unpaired) electrons. The predicted octanol–water partition coefficient (Wildman–Crippen LogP) is 2.18. The van der Waals surface area contributed by atoms with Crippen molar-refractivity contribution in [2.75, 3.05) is 6.54 Å². The van der Waals surface area contributed by atoms with Gasteiger partial charge in [0, 0.05) is 30.7 Å². The molecule has 23 heavy (non-hydrogen) atoms. The van der Waals surface area contributed by atoms with Gasteiger partial charge in [-0.15, -0.1) is 0 Å². The Balaban J connectivity index is 2.11. The molecule has 2 heterocycles. The van der Waals surface area contributed by atoms with Crippen molar-refractivity contribution in [1.82, 2.24) is 4.90 Å². The van der Waals surface area contributed by atoms with Gasteiger partial charge in [0.25, 0.3) is 5.69 Å². The maximum absolute atomic E-state index is 12.3. The van der Waals surface area contributed by atoms with Crippen LogP contribution in [0.5, 0.6) is 5.75 Å². The van der Waals surface area contributed by atoms with Gasteiger partial charge < -0.3 is 14.7 Å². The SMILES string of the molecule is CC1(C)Oc2ccc([N+](=O)[O-])cc2[C@@H](N2CCCCC2=O)[C@@H]1O. The second-order valence-corrected chi connectivity index (χ2v) is 6.62. The minimum atomic E-state index is -0.959. The summed E-state index contributed by atoms with van der Waals surface area (Å²) in [5.41, 5.74) is -0.457. The molecule has 1 aromatic carbocycles. The van der Waals surface area contributed by atoms with Gasteiger partial charge in [0.1, 0.15) is 17.5 Å². The monoisotopic (exact) mass is 320 g/mol. The second kappa shape index (κ2) is 5.49. The highest BCUT2D eigenvalue weighted by atomic mass is 16.6. The van der Waals surface area contributed by atoms with Crippen molar-refractivity contribution in [3.05, 3.63) is 33.9 Å². The fraction of sp³-hybridized carbons (Fsp3) is 0.562. The van der Waals surface area contributed by atoms with Gasteiger partial charge in [0.2, 0.25) is 5.91 Å². The van der Waals surface area contributed by atoms with Gasteiger partial charge in [-0.2, -0.15) is 0 Å². The molecular weight excluding hydrogens is 300 g/mol. The third kappa shape index (κ3) is 2.65. The Labute approximate surface area is 134 Å². The molecule has 0 saturated carbocycles. The van der Waals surface area contributed by atoms with Gasteiger partial charge in [-0.25, -0.2) is 0 Å². The van der Waals surface area contributed by atoms with Crippen LogP contribution in [0.15, 0.2) is 18.2 Å². The summed E-state index contributed by atoms with van der Waals surface area (Å²) < 4.78 is 5.81. The number of nitro groups is 1. The molecule has 0 aromatic heterocycles. The third-order valence-electron chi connectivity index (χ3n) is 4.60.